The van der Waals surface area contributed by atoms with Crippen LogP contribution in [0.5, 0.6) is 0 Å². The minimum Gasteiger partial charge on any atom is -0.334 e. The van der Waals surface area contributed by atoms with E-state index >= 15 is 0 Å². The number of hydrogen-bond donors (Lipinski definition) is 1. The van der Waals surface area contributed by atoms with Gasteiger partial charge in [0.2, 0.25) is 5.91 Å². The van der Waals surface area contributed by atoms with Gasteiger partial charge in [-0.05, 0) is 31.6 Å². The lowest BCUT2D eigenvalue weighted by atomic mass is 9.84. The highest BCUT2D eigenvalue weighted by atomic mass is 19.4. The second-order valence-corrected chi connectivity index (χ2v) is 5.43. The summed E-state index contributed by atoms with van der Waals surface area (Å²) in [6.07, 6.45) is -0.0369. The predicted octanol–water partition coefficient (Wildman–Crippen LogP) is 2.69. The summed E-state index contributed by atoms with van der Waals surface area (Å²) in [5.74, 6) is -0.248. The molecule has 0 radical (unpaired) electrons. The highest BCUT2D eigenvalue weighted by Crippen LogP contribution is 2.27. The molecule has 1 saturated carbocycles. The lowest BCUT2D eigenvalue weighted by molar-refractivity contribution is -0.162. The first kappa shape index (κ1) is 16.3. The molecule has 2 atom stereocenters. The van der Waals surface area contributed by atoms with Gasteiger partial charge >= 0.3 is 6.18 Å². The molecular weight excluding hydrogens is 257 g/mol. The molecule has 0 spiro atoms. The molecule has 0 bridgehead atoms. The molecule has 2 unspecified atom stereocenters. The summed E-state index contributed by atoms with van der Waals surface area (Å²) >= 11 is 0. The van der Waals surface area contributed by atoms with Gasteiger partial charge in [-0.25, -0.2) is 0 Å². The Balaban J connectivity index is 2.51. The van der Waals surface area contributed by atoms with Crippen LogP contribution in [-0.2, 0) is 4.79 Å². The average Bonchev–Trinajstić information content (AvgIpc) is 2.26. The van der Waals surface area contributed by atoms with E-state index in [9.17, 15) is 18.0 Å². The van der Waals surface area contributed by atoms with Crippen molar-refractivity contribution in [3.63, 3.8) is 0 Å². The van der Waals surface area contributed by atoms with Crippen LogP contribution >= 0.6 is 0 Å². The Bertz CT molecular complexity index is 294. The Morgan fingerprint density at radius 3 is 2.58 bits per heavy atom. The van der Waals surface area contributed by atoms with E-state index in [4.69, 9.17) is 5.73 Å². The normalized spacial score (nSPS) is 24.3. The highest BCUT2D eigenvalue weighted by Gasteiger charge is 2.33. The van der Waals surface area contributed by atoms with Crippen molar-refractivity contribution < 1.29 is 18.0 Å². The van der Waals surface area contributed by atoms with Gasteiger partial charge in [0.05, 0.1) is 0 Å². The van der Waals surface area contributed by atoms with Crippen LogP contribution in [-0.4, -0.2) is 36.1 Å². The van der Waals surface area contributed by atoms with Gasteiger partial charge in [0.1, 0.15) is 6.54 Å². The van der Waals surface area contributed by atoms with Crippen molar-refractivity contribution in [2.24, 2.45) is 11.7 Å². The quantitative estimate of drug-likeness (QED) is 0.841. The van der Waals surface area contributed by atoms with Crippen molar-refractivity contribution in [2.45, 2.75) is 57.7 Å². The Morgan fingerprint density at radius 2 is 2.05 bits per heavy atom. The maximum absolute atomic E-state index is 12.4. The van der Waals surface area contributed by atoms with Crippen LogP contribution in [0.25, 0.3) is 0 Å². The third-order valence-corrected chi connectivity index (χ3v) is 3.50. The number of hydrogen-bond acceptors (Lipinski definition) is 2. The molecule has 0 aliphatic heterocycles. The van der Waals surface area contributed by atoms with Crippen LogP contribution in [0.15, 0.2) is 0 Å². The molecule has 19 heavy (non-hydrogen) atoms. The molecule has 1 aliphatic rings. The summed E-state index contributed by atoms with van der Waals surface area (Å²) in [6, 6.07) is 0.0915. The topological polar surface area (TPSA) is 46.3 Å². The van der Waals surface area contributed by atoms with E-state index in [2.05, 4.69) is 0 Å². The number of rotatable bonds is 5. The van der Waals surface area contributed by atoms with Crippen molar-refractivity contribution >= 4 is 5.91 Å². The zero-order valence-corrected chi connectivity index (χ0v) is 11.4. The van der Waals surface area contributed by atoms with E-state index in [1.165, 1.54) is 0 Å². The lowest BCUT2D eigenvalue weighted by Gasteiger charge is -2.29. The molecule has 0 saturated heterocycles. The summed E-state index contributed by atoms with van der Waals surface area (Å²) in [5, 5.41) is 0. The molecule has 0 heterocycles. The van der Waals surface area contributed by atoms with Gasteiger partial charge in [0, 0.05) is 19.0 Å². The summed E-state index contributed by atoms with van der Waals surface area (Å²) in [5.41, 5.74) is 5.83. The molecule has 0 aromatic heterocycles. The Labute approximate surface area is 112 Å². The molecule has 3 nitrogen and oxygen atoms in total. The Morgan fingerprint density at radius 1 is 1.37 bits per heavy atom. The summed E-state index contributed by atoms with van der Waals surface area (Å²) in [6.45, 7) is 0.794. The molecular formula is C13H23F3N2O. The average molecular weight is 280 g/mol. The highest BCUT2D eigenvalue weighted by molar-refractivity contribution is 5.76. The van der Waals surface area contributed by atoms with Crippen LogP contribution < -0.4 is 5.73 Å². The zero-order chi connectivity index (χ0) is 14.5. The van der Waals surface area contributed by atoms with Crippen molar-refractivity contribution in [1.82, 2.24) is 4.90 Å². The minimum atomic E-state index is -4.33. The molecule has 0 aromatic rings. The van der Waals surface area contributed by atoms with Crippen LogP contribution in [0.3, 0.4) is 0 Å². The maximum Gasteiger partial charge on any atom is 0.406 e. The summed E-state index contributed by atoms with van der Waals surface area (Å²) < 4.78 is 37.2. The van der Waals surface area contributed by atoms with Crippen molar-refractivity contribution in [3.8, 4) is 0 Å². The number of carbonyl (C=O) groups is 1. The predicted molar refractivity (Wildman–Crippen MR) is 67.5 cm³/mol. The monoisotopic (exact) mass is 280 g/mol. The van der Waals surface area contributed by atoms with Gasteiger partial charge in [-0.2, -0.15) is 13.2 Å². The molecule has 6 heteroatoms. The number of nitrogens with zero attached hydrogens (tertiary/aromatic N) is 1. The van der Waals surface area contributed by atoms with E-state index < -0.39 is 18.6 Å². The van der Waals surface area contributed by atoms with E-state index in [0.717, 1.165) is 30.6 Å². The Kier molecular flexibility index (Phi) is 6.10. The molecule has 2 N–H and O–H groups in total. The van der Waals surface area contributed by atoms with Gasteiger partial charge in [-0.3, -0.25) is 4.79 Å². The van der Waals surface area contributed by atoms with E-state index in [-0.39, 0.29) is 24.9 Å². The fraction of sp³-hybridized carbons (Fsp3) is 0.923. The van der Waals surface area contributed by atoms with Gasteiger partial charge in [-0.1, -0.05) is 13.3 Å². The molecule has 1 fully saturated rings. The largest absolute Gasteiger partial charge is 0.406 e. The van der Waals surface area contributed by atoms with Gasteiger partial charge in [-0.15, -0.1) is 0 Å². The fourth-order valence-electron chi connectivity index (χ4n) is 2.67. The first-order chi connectivity index (χ1) is 8.81. The number of alkyl halides is 3. The molecule has 112 valence electrons. The van der Waals surface area contributed by atoms with E-state index in [1.807, 2.05) is 0 Å². The summed E-state index contributed by atoms with van der Waals surface area (Å²) in [7, 11) is 0. The second kappa shape index (κ2) is 7.12. The fourth-order valence-corrected chi connectivity index (χ4v) is 2.67. The Hall–Kier alpha value is -0.780. The number of carbonyl (C=O) groups excluding carboxylic acids is 1. The van der Waals surface area contributed by atoms with Crippen molar-refractivity contribution in [2.75, 3.05) is 13.1 Å². The molecule has 0 aromatic carbocycles. The van der Waals surface area contributed by atoms with Crippen LogP contribution in [0.4, 0.5) is 13.2 Å². The zero-order valence-electron chi connectivity index (χ0n) is 11.4. The number of halogens is 3. The first-order valence-corrected chi connectivity index (χ1v) is 6.92. The molecule has 1 rings (SSSR count). The minimum absolute atomic E-state index is 0.0915. The van der Waals surface area contributed by atoms with E-state index in [0.29, 0.717) is 6.42 Å². The van der Waals surface area contributed by atoms with Crippen LogP contribution in [0.1, 0.15) is 45.4 Å². The third kappa shape index (κ3) is 6.27. The van der Waals surface area contributed by atoms with Gasteiger partial charge < -0.3 is 10.6 Å². The number of amides is 1. The lowest BCUT2D eigenvalue weighted by Crippen LogP contribution is -2.41. The molecule has 1 aliphatic carbocycles. The first-order valence-electron chi connectivity index (χ1n) is 6.92. The van der Waals surface area contributed by atoms with Crippen molar-refractivity contribution in [1.29, 1.82) is 0 Å². The number of nitrogens with two attached hydrogens (primary N) is 1. The molecule has 1 amide bonds. The van der Waals surface area contributed by atoms with Crippen LogP contribution in [0.2, 0.25) is 0 Å². The smallest absolute Gasteiger partial charge is 0.334 e. The van der Waals surface area contributed by atoms with Crippen molar-refractivity contribution in [3.05, 3.63) is 0 Å². The van der Waals surface area contributed by atoms with Gasteiger partial charge in [0.15, 0.2) is 0 Å². The van der Waals surface area contributed by atoms with E-state index in [1.54, 1.807) is 6.92 Å². The standard InChI is InChI=1S/C13H23F3N2O/c1-2-6-18(9-13(14,15)16)12(19)8-10-4-3-5-11(17)7-10/h10-11H,2-9,17H2,1H3. The maximum atomic E-state index is 12.4. The third-order valence-electron chi connectivity index (χ3n) is 3.50. The van der Waals surface area contributed by atoms with Crippen LogP contribution in [0, 0.1) is 5.92 Å². The summed E-state index contributed by atoms with van der Waals surface area (Å²) in [4.78, 5) is 12.9. The second-order valence-electron chi connectivity index (χ2n) is 5.43. The SMILES string of the molecule is CCCN(CC(F)(F)F)C(=O)CC1CCCC(N)C1. The van der Waals surface area contributed by atoms with Gasteiger partial charge in [0.25, 0.3) is 0 Å².